The molecule has 1 saturated heterocycles. The van der Waals surface area contributed by atoms with Crippen molar-refractivity contribution >= 4 is 46.3 Å². The van der Waals surface area contributed by atoms with Crippen LogP contribution in [0.2, 0.25) is 5.02 Å². The maximum Gasteiger partial charge on any atom is 0.329 e. The van der Waals surface area contributed by atoms with Crippen molar-refractivity contribution in [3.05, 3.63) is 93.3 Å². The highest BCUT2D eigenvalue weighted by Gasteiger charge is 2.25. The first-order chi connectivity index (χ1) is 20.1. The van der Waals surface area contributed by atoms with Gasteiger partial charge >= 0.3 is 17.9 Å². The molecule has 1 fully saturated rings. The average Bonchev–Trinajstić information content (AvgIpc) is 2.96. The third kappa shape index (κ3) is 10.5. The monoisotopic (exact) mass is 599 g/mol. The topological polar surface area (TPSA) is 175 Å². The van der Waals surface area contributed by atoms with E-state index in [0.717, 1.165) is 18.5 Å². The van der Waals surface area contributed by atoms with Gasteiger partial charge in [0.1, 0.15) is 12.6 Å². The molecule has 2 aromatic carbocycles. The van der Waals surface area contributed by atoms with Crippen LogP contribution in [0, 0.1) is 0 Å². The summed E-state index contributed by atoms with van der Waals surface area (Å²) in [4.78, 5) is 62.1. The lowest BCUT2D eigenvalue weighted by molar-refractivity contribution is -0.146. The number of carbonyl (C=O) groups is 4. The Kier molecular flexibility index (Phi) is 12.2. The van der Waals surface area contributed by atoms with Crippen LogP contribution in [0.25, 0.3) is 10.9 Å². The zero-order valence-corrected chi connectivity index (χ0v) is 23.2. The molecule has 1 amide bonds. The molecule has 12 nitrogen and oxygen atoms in total. The second-order valence-corrected chi connectivity index (χ2v) is 9.51. The third-order valence-corrected chi connectivity index (χ3v) is 6.33. The number of aromatic nitrogens is 1. The van der Waals surface area contributed by atoms with E-state index in [4.69, 9.17) is 31.3 Å². The molecular formula is C29H30ClN3O9. The van der Waals surface area contributed by atoms with Gasteiger partial charge in [-0.3, -0.25) is 14.5 Å². The fourth-order valence-electron chi connectivity index (χ4n) is 4.05. The lowest BCUT2D eigenvalue weighted by Crippen LogP contribution is -2.44. The molecule has 0 radical (unpaired) electrons. The normalized spacial score (nSPS) is 14.0. The van der Waals surface area contributed by atoms with E-state index in [1.54, 1.807) is 30.3 Å². The molecule has 0 spiro atoms. The fraction of sp³-hybridized carbons (Fsp3) is 0.276. The molecule has 2 heterocycles. The second-order valence-electron chi connectivity index (χ2n) is 9.07. The first kappa shape index (κ1) is 32.0. The number of fused-ring (bicyclic) bond motifs is 1. The lowest BCUT2D eigenvalue weighted by atomic mass is 10.0. The van der Waals surface area contributed by atoms with Gasteiger partial charge in [-0.15, -0.1) is 0 Å². The van der Waals surface area contributed by atoms with Crippen LogP contribution < -0.4 is 10.9 Å². The quantitative estimate of drug-likeness (QED) is 0.199. The van der Waals surface area contributed by atoms with Crippen molar-refractivity contribution in [2.45, 2.75) is 12.5 Å². The lowest BCUT2D eigenvalue weighted by Gasteiger charge is -2.26. The third-order valence-electron chi connectivity index (χ3n) is 6.08. The zero-order valence-electron chi connectivity index (χ0n) is 22.5. The van der Waals surface area contributed by atoms with E-state index in [0.29, 0.717) is 53.6 Å². The highest BCUT2D eigenvalue weighted by atomic mass is 35.5. The second kappa shape index (κ2) is 16.1. The summed E-state index contributed by atoms with van der Waals surface area (Å²) < 4.78 is 10.9. The van der Waals surface area contributed by atoms with Crippen LogP contribution in [0.3, 0.4) is 0 Å². The molecule has 42 heavy (non-hydrogen) atoms. The summed E-state index contributed by atoms with van der Waals surface area (Å²) in [6.45, 7) is 3.66. The van der Waals surface area contributed by atoms with E-state index in [-0.39, 0.29) is 18.6 Å². The number of carbonyl (C=O) groups excluding carboxylic acids is 2. The number of aliphatic carboxylic acids is 2. The van der Waals surface area contributed by atoms with E-state index >= 15 is 0 Å². The van der Waals surface area contributed by atoms with Crippen molar-refractivity contribution in [3.63, 3.8) is 0 Å². The first-order valence-corrected chi connectivity index (χ1v) is 13.3. The Balaban J connectivity index is 0.000000531. The number of H-pyrrole nitrogens is 1. The molecule has 1 aliphatic heterocycles. The molecule has 13 heteroatoms. The minimum absolute atomic E-state index is 0.111. The number of hydrogen-bond donors (Lipinski definition) is 4. The smallest absolute Gasteiger partial charge is 0.329 e. The van der Waals surface area contributed by atoms with Crippen LogP contribution in [0.1, 0.15) is 15.9 Å². The molecule has 1 aliphatic rings. The molecular weight excluding hydrogens is 570 g/mol. The van der Waals surface area contributed by atoms with E-state index in [1.807, 2.05) is 18.2 Å². The molecule has 4 rings (SSSR count). The van der Waals surface area contributed by atoms with Crippen LogP contribution in [0.5, 0.6) is 0 Å². The van der Waals surface area contributed by atoms with Crippen molar-refractivity contribution in [1.29, 1.82) is 0 Å². The number of carboxylic acids is 2. The van der Waals surface area contributed by atoms with Crippen LogP contribution in [0.15, 0.2) is 71.5 Å². The average molecular weight is 600 g/mol. The molecule has 0 bridgehead atoms. The summed E-state index contributed by atoms with van der Waals surface area (Å²) in [5, 5.41) is 19.7. The number of aromatic amines is 1. The number of nitrogens with one attached hydrogen (secondary N) is 2. The Morgan fingerprint density at radius 1 is 1.02 bits per heavy atom. The largest absolute Gasteiger partial charge is 0.478 e. The van der Waals surface area contributed by atoms with Gasteiger partial charge in [0.05, 0.1) is 13.2 Å². The van der Waals surface area contributed by atoms with Crippen LogP contribution in [-0.4, -0.2) is 89.4 Å². The fourth-order valence-corrected chi connectivity index (χ4v) is 4.17. The maximum absolute atomic E-state index is 13.0. The molecule has 1 aromatic heterocycles. The summed E-state index contributed by atoms with van der Waals surface area (Å²) >= 11 is 5.92. The number of para-hydroxylation sites is 1. The number of halogens is 1. The van der Waals surface area contributed by atoms with Gasteiger partial charge in [0.15, 0.2) is 0 Å². The van der Waals surface area contributed by atoms with Crippen LogP contribution in [-0.2, 0) is 30.3 Å². The number of nitrogens with zero attached hydrogens (tertiary/aromatic N) is 1. The van der Waals surface area contributed by atoms with Crippen LogP contribution in [0.4, 0.5) is 0 Å². The van der Waals surface area contributed by atoms with E-state index in [1.165, 1.54) is 6.07 Å². The van der Waals surface area contributed by atoms with Gasteiger partial charge < -0.3 is 30.0 Å². The Hall–Kier alpha value is -4.52. The summed E-state index contributed by atoms with van der Waals surface area (Å²) in [6, 6.07) is 14.2. The number of esters is 1. The number of hydrogen-bond acceptors (Lipinski definition) is 8. The number of rotatable bonds is 10. The van der Waals surface area contributed by atoms with Gasteiger partial charge in [-0.25, -0.2) is 14.4 Å². The number of benzene rings is 2. The summed E-state index contributed by atoms with van der Waals surface area (Å²) in [5.41, 5.74) is 1.39. The molecule has 0 aliphatic carbocycles. The Morgan fingerprint density at radius 3 is 2.31 bits per heavy atom. The zero-order chi connectivity index (χ0) is 30.5. The number of ether oxygens (including phenoxy) is 2. The van der Waals surface area contributed by atoms with Gasteiger partial charge in [0.2, 0.25) is 5.56 Å². The minimum atomic E-state index is -1.26. The predicted octanol–water partition coefficient (Wildman–Crippen LogP) is 2.11. The summed E-state index contributed by atoms with van der Waals surface area (Å²) in [7, 11) is 0. The highest BCUT2D eigenvalue weighted by molar-refractivity contribution is 6.30. The van der Waals surface area contributed by atoms with Gasteiger partial charge in [-0.1, -0.05) is 29.8 Å². The van der Waals surface area contributed by atoms with Crippen LogP contribution >= 0.6 is 11.6 Å². The molecule has 3 aromatic rings. The molecule has 1 unspecified atom stereocenters. The predicted molar refractivity (Wildman–Crippen MR) is 154 cm³/mol. The van der Waals surface area contributed by atoms with Gasteiger partial charge in [-0.2, -0.15) is 0 Å². The van der Waals surface area contributed by atoms with Crippen molar-refractivity contribution in [2.75, 3.05) is 39.5 Å². The maximum atomic E-state index is 13.0. The molecule has 0 saturated carbocycles. The number of pyridine rings is 1. The summed E-state index contributed by atoms with van der Waals surface area (Å²) in [5.74, 6) is -3.50. The Morgan fingerprint density at radius 2 is 1.67 bits per heavy atom. The number of amides is 1. The minimum Gasteiger partial charge on any atom is -0.478 e. The molecule has 222 valence electrons. The van der Waals surface area contributed by atoms with Crippen molar-refractivity contribution in [2.24, 2.45) is 0 Å². The van der Waals surface area contributed by atoms with Gasteiger partial charge in [0.25, 0.3) is 5.91 Å². The Labute approximate surface area is 245 Å². The van der Waals surface area contributed by atoms with Crippen molar-refractivity contribution in [3.8, 4) is 0 Å². The van der Waals surface area contributed by atoms with E-state index < -0.39 is 29.9 Å². The van der Waals surface area contributed by atoms with Crippen molar-refractivity contribution in [1.82, 2.24) is 15.2 Å². The molecule has 4 N–H and O–H groups in total. The molecule has 1 atom stereocenters. The first-order valence-electron chi connectivity index (χ1n) is 12.9. The van der Waals surface area contributed by atoms with Crippen molar-refractivity contribution < 1.29 is 38.9 Å². The standard InChI is InChI=1S/C25H26ClN3O5.C4H4O4/c26-19-7-5-17(6-8-19)24(31)28-22(25(32)34-14-11-29-9-12-33-13-10-29)15-18-16-23(30)27-21-4-2-1-3-20(18)21;5-3(6)1-2-4(7)8/h1-8,16,22H,9-15H2,(H,27,30)(H,28,31);1-2H,(H,5,6)(H,7,8). The van der Waals surface area contributed by atoms with Gasteiger partial charge in [0, 0.05) is 65.8 Å². The Bertz CT molecular complexity index is 1470. The summed E-state index contributed by atoms with van der Waals surface area (Å²) in [6.07, 6.45) is 1.23. The highest BCUT2D eigenvalue weighted by Crippen LogP contribution is 2.17. The van der Waals surface area contributed by atoms with E-state index in [2.05, 4.69) is 15.2 Å². The number of morpholine rings is 1. The van der Waals surface area contributed by atoms with Gasteiger partial charge in [-0.05, 0) is 35.9 Å². The number of carboxylic acid groups (broad SMARTS) is 2. The SMILES string of the molecule is O=C(NC(Cc1cc(=O)[nH]c2ccccc12)C(=O)OCCN1CCOCC1)c1ccc(Cl)cc1.O=C(O)C=CC(=O)O. The van der Waals surface area contributed by atoms with E-state index in [9.17, 15) is 24.0 Å².